The summed E-state index contributed by atoms with van der Waals surface area (Å²) in [6.07, 6.45) is 10.7. The fourth-order valence-corrected chi connectivity index (χ4v) is 3.86. The lowest BCUT2D eigenvalue weighted by Crippen LogP contribution is -2.36. The first-order valence-corrected chi connectivity index (χ1v) is 7.18. The van der Waals surface area contributed by atoms with Crippen LogP contribution in [0.5, 0.6) is 0 Å². The van der Waals surface area contributed by atoms with Crippen molar-refractivity contribution in [3.63, 3.8) is 0 Å². The molecule has 0 saturated heterocycles. The topological polar surface area (TPSA) is 0 Å². The minimum Gasteiger partial charge on any atom is -0.0628 e. The number of rotatable bonds is 5. The van der Waals surface area contributed by atoms with E-state index in [0.717, 1.165) is 29.6 Å². The molecule has 0 heterocycles. The van der Waals surface area contributed by atoms with Crippen molar-refractivity contribution >= 4 is 0 Å². The zero-order valence-corrected chi connectivity index (χ0v) is 10.8. The van der Waals surface area contributed by atoms with Crippen molar-refractivity contribution < 1.29 is 0 Å². The summed E-state index contributed by atoms with van der Waals surface area (Å²) in [5.41, 5.74) is 0. The lowest BCUT2D eigenvalue weighted by atomic mass is 9.60. The summed E-state index contributed by atoms with van der Waals surface area (Å²) in [4.78, 5) is 0. The van der Waals surface area contributed by atoms with Gasteiger partial charge in [-0.25, -0.2) is 0 Å². The molecule has 1 atom stereocenters. The normalized spacial score (nSPS) is 25.4. The van der Waals surface area contributed by atoms with E-state index < -0.39 is 0 Å². The quantitative estimate of drug-likeness (QED) is 0.604. The van der Waals surface area contributed by atoms with Crippen molar-refractivity contribution in [1.82, 2.24) is 0 Å². The van der Waals surface area contributed by atoms with Crippen LogP contribution < -0.4 is 0 Å². The molecule has 0 amide bonds. The largest absolute Gasteiger partial charge is 0.0628 e. The highest BCUT2D eigenvalue weighted by Crippen LogP contribution is 2.48. The summed E-state index contributed by atoms with van der Waals surface area (Å²) in [5, 5.41) is 0. The van der Waals surface area contributed by atoms with E-state index in [9.17, 15) is 0 Å². The predicted octanol–water partition coefficient (Wildman–Crippen LogP) is 4.89. The van der Waals surface area contributed by atoms with Gasteiger partial charge in [0.25, 0.3) is 0 Å². The van der Waals surface area contributed by atoms with E-state index >= 15 is 0 Å². The minimum atomic E-state index is 0.891. The Kier molecular flexibility index (Phi) is 3.74. The molecule has 0 nitrogen and oxygen atoms in total. The van der Waals surface area contributed by atoms with E-state index in [1.807, 2.05) is 0 Å². The smallest absolute Gasteiger partial charge is 0.0332 e. The highest BCUT2D eigenvalue weighted by Gasteiger charge is 2.38. The Bertz CT molecular complexity index is 172. The Hall–Kier alpha value is 0. The van der Waals surface area contributed by atoms with Crippen molar-refractivity contribution in [2.75, 3.05) is 0 Å². The molecule has 2 fully saturated rings. The van der Waals surface area contributed by atoms with Gasteiger partial charge in [0, 0.05) is 0 Å². The number of hydrogen-bond acceptors (Lipinski definition) is 0. The first-order valence-electron chi connectivity index (χ1n) is 7.18. The standard InChI is InChI=1S/C15H28/c1-11(2)10-12(3)15(13-6-4-7-13)14-8-5-9-14/h11-15H,4-10H2,1-3H3. The Morgan fingerprint density at radius 3 is 1.60 bits per heavy atom. The molecule has 0 aliphatic heterocycles. The molecular formula is C15H28. The van der Waals surface area contributed by atoms with Crippen molar-refractivity contribution in [3.05, 3.63) is 0 Å². The van der Waals surface area contributed by atoms with Gasteiger partial charge in [0.05, 0.1) is 0 Å². The van der Waals surface area contributed by atoms with Crippen LogP contribution in [0.1, 0.15) is 65.7 Å². The zero-order valence-electron chi connectivity index (χ0n) is 10.8. The van der Waals surface area contributed by atoms with Crippen LogP contribution in [-0.4, -0.2) is 0 Å². The van der Waals surface area contributed by atoms with Gasteiger partial charge in [0.2, 0.25) is 0 Å². The van der Waals surface area contributed by atoms with Crippen LogP contribution in [0, 0.1) is 29.6 Å². The van der Waals surface area contributed by atoms with E-state index in [1.54, 1.807) is 25.7 Å². The molecule has 0 N–H and O–H groups in total. The maximum atomic E-state index is 2.53. The average molecular weight is 208 g/mol. The van der Waals surface area contributed by atoms with E-state index in [-0.39, 0.29) is 0 Å². The van der Waals surface area contributed by atoms with Gasteiger partial charge in [0.1, 0.15) is 0 Å². The fourth-order valence-electron chi connectivity index (χ4n) is 3.86. The molecule has 2 aliphatic carbocycles. The molecule has 0 radical (unpaired) electrons. The molecule has 0 spiro atoms. The molecule has 2 aliphatic rings. The van der Waals surface area contributed by atoms with Crippen LogP contribution in [-0.2, 0) is 0 Å². The average Bonchev–Trinajstić information content (AvgIpc) is 1.94. The minimum absolute atomic E-state index is 0.891. The second kappa shape index (κ2) is 4.89. The second-order valence-electron chi connectivity index (χ2n) is 6.57. The van der Waals surface area contributed by atoms with Gasteiger partial charge < -0.3 is 0 Å². The maximum absolute atomic E-state index is 2.53. The molecule has 2 rings (SSSR count). The summed E-state index contributed by atoms with van der Waals surface area (Å²) < 4.78 is 0. The van der Waals surface area contributed by atoms with Crippen LogP contribution in [0.4, 0.5) is 0 Å². The summed E-state index contributed by atoms with van der Waals surface area (Å²) in [6.45, 7) is 7.30. The first kappa shape index (κ1) is 11.5. The van der Waals surface area contributed by atoms with Crippen LogP contribution in [0.3, 0.4) is 0 Å². The van der Waals surface area contributed by atoms with Gasteiger partial charge in [-0.05, 0) is 36.0 Å². The van der Waals surface area contributed by atoms with Crippen LogP contribution in [0.2, 0.25) is 0 Å². The highest BCUT2D eigenvalue weighted by molar-refractivity contribution is 4.89. The Labute approximate surface area is 95.8 Å². The molecule has 0 aromatic carbocycles. The number of hydrogen-bond donors (Lipinski definition) is 0. The molecule has 2 saturated carbocycles. The third kappa shape index (κ3) is 2.57. The molecule has 88 valence electrons. The molecule has 0 bridgehead atoms. The van der Waals surface area contributed by atoms with Crippen molar-refractivity contribution in [1.29, 1.82) is 0 Å². The van der Waals surface area contributed by atoms with Gasteiger partial charge in [-0.1, -0.05) is 59.3 Å². The Morgan fingerprint density at radius 1 is 0.867 bits per heavy atom. The van der Waals surface area contributed by atoms with Gasteiger partial charge in [-0.15, -0.1) is 0 Å². The molecule has 0 aromatic heterocycles. The van der Waals surface area contributed by atoms with Gasteiger partial charge >= 0.3 is 0 Å². The van der Waals surface area contributed by atoms with Gasteiger partial charge in [-0.3, -0.25) is 0 Å². The summed E-state index contributed by atoms with van der Waals surface area (Å²) in [6, 6.07) is 0. The lowest BCUT2D eigenvalue weighted by Gasteiger charge is -2.46. The highest BCUT2D eigenvalue weighted by atomic mass is 14.4. The molecular weight excluding hydrogens is 180 g/mol. The fraction of sp³-hybridized carbons (Fsp3) is 1.00. The third-order valence-corrected chi connectivity index (χ3v) is 4.89. The summed E-state index contributed by atoms with van der Waals surface area (Å²) >= 11 is 0. The zero-order chi connectivity index (χ0) is 10.8. The Balaban J connectivity index is 1.90. The van der Waals surface area contributed by atoms with Crippen LogP contribution >= 0.6 is 0 Å². The predicted molar refractivity (Wildman–Crippen MR) is 66.8 cm³/mol. The monoisotopic (exact) mass is 208 g/mol. The van der Waals surface area contributed by atoms with Gasteiger partial charge in [0.15, 0.2) is 0 Å². The Morgan fingerprint density at radius 2 is 1.33 bits per heavy atom. The van der Waals surface area contributed by atoms with E-state index in [4.69, 9.17) is 0 Å². The van der Waals surface area contributed by atoms with Crippen LogP contribution in [0.15, 0.2) is 0 Å². The van der Waals surface area contributed by atoms with Crippen molar-refractivity contribution in [2.24, 2.45) is 29.6 Å². The summed E-state index contributed by atoms with van der Waals surface area (Å²) in [7, 11) is 0. The van der Waals surface area contributed by atoms with Crippen molar-refractivity contribution in [2.45, 2.75) is 65.7 Å². The maximum Gasteiger partial charge on any atom is -0.0332 e. The second-order valence-corrected chi connectivity index (χ2v) is 6.57. The van der Waals surface area contributed by atoms with E-state index in [0.29, 0.717) is 0 Å². The summed E-state index contributed by atoms with van der Waals surface area (Å²) in [5.74, 6) is 5.20. The van der Waals surface area contributed by atoms with E-state index in [2.05, 4.69) is 20.8 Å². The third-order valence-electron chi connectivity index (χ3n) is 4.89. The van der Waals surface area contributed by atoms with Gasteiger partial charge in [-0.2, -0.15) is 0 Å². The SMILES string of the molecule is CC(C)CC(C)C(C1CCC1)C1CCC1. The van der Waals surface area contributed by atoms with Crippen molar-refractivity contribution in [3.8, 4) is 0 Å². The lowest BCUT2D eigenvalue weighted by molar-refractivity contribution is 0.0428. The first-order chi connectivity index (χ1) is 7.18. The van der Waals surface area contributed by atoms with Crippen LogP contribution in [0.25, 0.3) is 0 Å². The molecule has 1 unspecified atom stereocenters. The molecule has 0 aromatic rings. The molecule has 0 heteroatoms. The van der Waals surface area contributed by atoms with E-state index in [1.165, 1.54) is 19.3 Å². The molecule has 15 heavy (non-hydrogen) atoms.